The van der Waals surface area contributed by atoms with Gasteiger partial charge in [0, 0.05) is 0 Å². The van der Waals surface area contributed by atoms with Gasteiger partial charge in [0.1, 0.15) is 6.10 Å². The Balaban J connectivity index is 4.59. The van der Waals surface area contributed by atoms with Gasteiger partial charge in [-0.15, -0.1) is 0 Å². The monoisotopic (exact) mass is 186 g/mol. The molecule has 2 atom stereocenters. The molecule has 0 fully saturated rings. The summed E-state index contributed by atoms with van der Waals surface area (Å²) in [4.78, 5) is 16.9. The highest BCUT2D eigenvalue weighted by Gasteiger charge is 2.46. The van der Waals surface area contributed by atoms with Crippen LogP contribution in [-0.2, 0) is 4.57 Å². The van der Waals surface area contributed by atoms with E-state index in [-0.39, 0.29) is 0 Å². The minimum absolute atomic E-state index is 0.759. The van der Waals surface area contributed by atoms with Crippen molar-refractivity contribution >= 4 is 7.60 Å². The lowest BCUT2D eigenvalue weighted by atomic mass is 10.2. The van der Waals surface area contributed by atoms with Crippen LogP contribution in [0.15, 0.2) is 0 Å². The van der Waals surface area contributed by atoms with Crippen molar-refractivity contribution in [3.63, 3.8) is 0 Å². The minimum atomic E-state index is -4.80. The predicted molar refractivity (Wildman–Crippen MR) is 35.8 cm³/mol. The van der Waals surface area contributed by atoms with Crippen molar-refractivity contribution in [3.8, 4) is 0 Å². The topological polar surface area (TPSA) is 118 Å². The van der Waals surface area contributed by atoms with E-state index in [1.807, 2.05) is 0 Å². The second kappa shape index (κ2) is 3.18. The second-order valence-corrected chi connectivity index (χ2v) is 4.33. The minimum Gasteiger partial charge on any atom is -0.394 e. The fourth-order valence-corrected chi connectivity index (χ4v) is 0.837. The summed E-state index contributed by atoms with van der Waals surface area (Å²) in [7, 11) is -4.80. The summed E-state index contributed by atoms with van der Waals surface area (Å²) in [5.74, 6) is 0. The molecule has 0 aliphatic carbocycles. The highest BCUT2D eigenvalue weighted by atomic mass is 31.2. The third-order valence-corrected chi connectivity index (χ3v) is 2.87. The van der Waals surface area contributed by atoms with Gasteiger partial charge in [0.15, 0.2) is 5.34 Å². The molecule has 7 heteroatoms. The molecule has 0 rings (SSSR count). The summed E-state index contributed by atoms with van der Waals surface area (Å²) in [6, 6.07) is 0. The molecule has 0 aromatic rings. The van der Waals surface area contributed by atoms with Crippen molar-refractivity contribution < 1.29 is 29.7 Å². The first-order valence-corrected chi connectivity index (χ1v) is 4.41. The van der Waals surface area contributed by atoms with Gasteiger partial charge in [0.2, 0.25) is 0 Å². The highest BCUT2D eigenvalue weighted by Crippen LogP contribution is 2.50. The van der Waals surface area contributed by atoms with Gasteiger partial charge in [0.05, 0.1) is 6.61 Å². The quantitative estimate of drug-likeness (QED) is 0.333. The van der Waals surface area contributed by atoms with Gasteiger partial charge in [0.25, 0.3) is 0 Å². The SMILES string of the molecule is CC(O)(C(O)CO)P(=O)(O)O. The smallest absolute Gasteiger partial charge is 0.359 e. The van der Waals surface area contributed by atoms with E-state index in [1.165, 1.54) is 0 Å². The molecule has 0 amide bonds. The van der Waals surface area contributed by atoms with Crippen molar-refractivity contribution in [1.29, 1.82) is 0 Å². The van der Waals surface area contributed by atoms with E-state index in [0.717, 1.165) is 6.92 Å². The molecule has 0 aliphatic heterocycles. The molecule has 0 saturated carbocycles. The zero-order chi connectivity index (χ0) is 9.28. The molecule has 2 unspecified atom stereocenters. The second-order valence-electron chi connectivity index (χ2n) is 2.34. The molecule has 0 aliphatic rings. The van der Waals surface area contributed by atoms with Crippen molar-refractivity contribution in [1.82, 2.24) is 0 Å². The summed E-state index contributed by atoms with van der Waals surface area (Å²) in [5.41, 5.74) is 0. The lowest BCUT2D eigenvalue weighted by molar-refractivity contribution is -0.0445. The Morgan fingerprint density at radius 2 is 1.91 bits per heavy atom. The van der Waals surface area contributed by atoms with Crippen LogP contribution < -0.4 is 0 Å². The summed E-state index contributed by atoms with van der Waals surface area (Å²) in [6.45, 7) is -0.146. The fourth-order valence-electron chi connectivity index (χ4n) is 0.367. The van der Waals surface area contributed by atoms with E-state index in [4.69, 9.17) is 25.1 Å². The number of aliphatic hydroxyl groups excluding tert-OH is 2. The largest absolute Gasteiger partial charge is 0.394 e. The first-order chi connectivity index (χ1) is 4.73. The zero-order valence-electron chi connectivity index (χ0n) is 5.88. The lowest BCUT2D eigenvalue weighted by Gasteiger charge is -2.27. The fraction of sp³-hybridized carbons (Fsp3) is 1.00. The van der Waals surface area contributed by atoms with Crippen LogP contribution in [0.4, 0.5) is 0 Å². The summed E-state index contributed by atoms with van der Waals surface area (Å²) >= 11 is 0. The molecule has 0 radical (unpaired) electrons. The van der Waals surface area contributed by atoms with Crippen LogP contribution in [0.5, 0.6) is 0 Å². The predicted octanol–water partition coefficient (Wildman–Crippen LogP) is -1.77. The van der Waals surface area contributed by atoms with Crippen molar-refractivity contribution in [3.05, 3.63) is 0 Å². The number of rotatable bonds is 3. The summed E-state index contributed by atoms with van der Waals surface area (Å²) in [5, 5.41) is 23.4. The molecule has 0 aromatic carbocycles. The molecule has 68 valence electrons. The van der Waals surface area contributed by atoms with Crippen LogP contribution in [0.2, 0.25) is 0 Å². The molecule has 6 nitrogen and oxygen atoms in total. The average molecular weight is 186 g/mol. The normalized spacial score (nSPS) is 20.9. The van der Waals surface area contributed by atoms with Gasteiger partial charge in [-0.2, -0.15) is 0 Å². The molecule has 0 spiro atoms. The van der Waals surface area contributed by atoms with Gasteiger partial charge in [-0.1, -0.05) is 0 Å². The Hall–Kier alpha value is 0.0300. The maximum absolute atomic E-state index is 10.4. The van der Waals surface area contributed by atoms with Crippen LogP contribution in [0.3, 0.4) is 0 Å². The van der Waals surface area contributed by atoms with Gasteiger partial charge in [-0.25, -0.2) is 0 Å². The van der Waals surface area contributed by atoms with Gasteiger partial charge in [-0.05, 0) is 6.92 Å². The molecule has 0 saturated heterocycles. The van der Waals surface area contributed by atoms with Crippen molar-refractivity contribution in [2.24, 2.45) is 0 Å². The molecule has 0 bridgehead atoms. The van der Waals surface area contributed by atoms with Crippen LogP contribution in [-0.4, -0.2) is 43.2 Å². The molecule has 0 heterocycles. The average Bonchev–Trinajstić information content (AvgIpc) is 1.83. The Kier molecular flexibility index (Phi) is 3.19. The maximum atomic E-state index is 10.4. The van der Waals surface area contributed by atoms with Crippen LogP contribution in [0.25, 0.3) is 0 Å². The van der Waals surface area contributed by atoms with Crippen molar-refractivity contribution in [2.45, 2.75) is 18.4 Å². The third-order valence-electron chi connectivity index (χ3n) is 1.39. The van der Waals surface area contributed by atoms with Crippen molar-refractivity contribution in [2.75, 3.05) is 6.61 Å². The number of hydrogen-bond acceptors (Lipinski definition) is 4. The maximum Gasteiger partial charge on any atom is 0.359 e. The van der Waals surface area contributed by atoms with E-state index in [0.29, 0.717) is 0 Å². The molecule has 11 heavy (non-hydrogen) atoms. The molecule has 5 N–H and O–H groups in total. The van der Waals surface area contributed by atoms with Crippen LogP contribution in [0.1, 0.15) is 6.92 Å². The van der Waals surface area contributed by atoms with E-state index in [2.05, 4.69) is 0 Å². The van der Waals surface area contributed by atoms with Crippen LogP contribution in [0, 0.1) is 0 Å². The highest BCUT2D eigenvalue weighted by molar-refractivity contribution is 7.53. The molecular weight excluding hydrogens is 175 g/mol. The van der Waals surface area contributed by atoms with Gasteiger partial charge >= 0.3 is 7.60 Å². The first kappa shape index (κ1) is 11.0. The standard InChI is InChI=1S/C4H11O6P/c1-4(7,3(6)2-5)11(8,9)10/h3,5-7H,2H2,1H3,(H2,8,9,10). The summed E-state index contributed by atoms with van der Waals surface area (Å²) in [6.07, 6.45) is -1.84. The first-order valence-electron chi connectivity index (χ1n) is 2.80. The van der Waals surface area contributed by atoms with Crippen LogP contribution >= 0.6 is 7.60 Å². The van der Waals surface area contributed by atoms with Gasteiger partial charge < -0.3 is 25.1 Å². The Morgan fingerprint density at radius 1 is 1.55 bits per heavy atom. The van der Waals surface area contributed by atoms with Gasteiger partial charge in [-0.3, -0.25) is 4.57 Å². The zero-order valence-corrected chi connectivity index (χ0v) is 6.77. The van der Waals surface area contributed by atoms with E-state index < -0.39 is 25.6 Å². The Bertz CT molecular complexity index is 171. The Labute approximate surface area is 63.3 Å². The molecular formula is C4H11O6P. The Morgan fingerprint density at radius 3 is 2.00 bits per heavy atom. The number of aliphatic hydroxyl groups is 3. The van der Waals surface area contributed by atoms with E-state index >= 15 is 0 Å². The van der Waals surface area contributed by atoms with E-state index in [9.17, 15) is 4.57 Å². The van der Waals surface area contributed by atoms with E-state index in [1.54, 1.807) is 0 Å². The lowest BCUT2D eigenvalue weighted by Crippen LogP contribution is -2.41. The molecule has 0 aromatic heterocycles. The summed E-state index contributed by atoms with van der Waals surface area (Å²) < 4.78 is 10.4. The third kappa shape index (κ3) is 2.23. The number of hydrogen-bond donors (Lipinski definition) is 5.